The van der Waals surface area contributed by atoms with E-state index in [1.165, 1.54) is 25.2 Å². The summed E-state index contributed by atoms with van der Waals surface area (Å²) in [4.78, 5) is 14.7. The summed E-state index contributed by atoms with van der Waals surface area (Å²) < 4.78 is 21.6. The average Bonchev–Trinajstić information content (AvgIpc) is 2.99. The number of para-hydroxylation sites is 1. The highest BCUT2D eigenvalue weighted by molar-refractivity contribution is 14.1. The van der Waals surface area contributed by atoms with Crippen LogP contribution in [0, 0.1) is 3.57 Å². The van der Waals surface area contributed by atoms with Crippen molar-refractivity contribution in [3.05, 3.63) is 59.8 Å². The van der Waals surface area contributed by atoms with Gasteiger partial charge in [0.05, 0.1) is 17.5 Å². The van der Waals surface area contributed by atoms with Gasteiger partial charge in [-0.3, -0.25) is 4.79 Å². The highest BCUT2D eigenvalue weighted by Crippen LogP contribution is 2.40. The first-order valence-electron chi connectivity index (χ1n) is 9.54. The normalized spacial score (nSPS) is 16.9. The molecule has 156 valence electrons. The van der Waals surface area contributed by atoms with Crippen molar-refractivity contribution in [1.29, 1.82) is 0 Å². The van der Waals surface area contributed by atoms with E-state index in [9.17, 15) is 4.79 Å². The second kappa shape index (κ2) is 9.35. The van der Waals surface area contributed by atoms with Crippen LogP contribution >= 0.6 is 45.5 Å². The molecule has 1 N–H and O–H groups in total. The molecule has 1 atom stereocenters. The molecule has 1 aliphatic heterocycles. The maximum atomic E-state index is 15.1. The first kappa shape index (κ1) is 22.6. The van der Waals surface area contributed by atoms with Crippen LogP contribution in [0.4, 0.5) is 4.39 Å². The van der Waals surface area contributed by atoms with Crippen LogP contribution in [-0.4, -0.2) is 12.5 Å². The summed E-state index contributed by atoms with van der Waals surface area (Å²) in [6.45, 7) is 5.39. The van der Waals surface area contributed by atoms with Crippen molar-refractivity contribution in [2.24, 2.45) is 0 Å². The van der Waals surface area contributed by atoms with E-state index in [-0.39, 0.29) is 11.9 Å². The van der Waals surface area contributed by atoms with Crippen LogP contribution in [0.25, 0.3) is 0 Å². The van der Waals surface area contributed by atoms with Crippen molar-refractivity contribution in [3.63, 3.8) is 0 Å². The fourth-order valence-electron chi connectivity index (χ4n) is 3.43. The minimum absolute atomic E-state index is 0.145. The lowest BCUT2D eigenvalue weighted by Gasteiger charge is -2.27. The zero-order valence-electron chi connectivity index (χ0n) is 16.7. The third-order valence-electron chi connectivity index (χ3n) is 4.78. The smallest absolute Gasteiger partial charge is 0.262 e. The number of halogens is 3. The quantitative estimate of drug-likeness (QED) is 0.400. The topological polar surface area (TPSA) is 38.3 Å². The Kier molecular flexibility index (Phi) is 7.27. The van der Waals surface area contributed by atoms with Gasteiger partial charge in [0.25, 0.3) is 5.91 Å². The maximum Gasteiger partial charge on any atom is 0.262 e. The molecule has 3 rings (SSSR count). The van der Waals surface area contributed by atoms with Crippen LogP contribution in [-0.2, 0) is 12.1 Å². The van der Waals surface area contributed by atoms with Gasteiger partial charge in [-0.05, 0) is 62.3 Å². The zero-order chi connectivity index (χ0) is 21.2. The van der Waals surface area contributed by atoms with Crippen molar-refractivity contribution >= 4 is 51.4 Å². The first-order valence-corrected chi connectivity index (χ1v) is 11.8. The number of nitrogens with one attached hydrogen (secondary N) is 1. The highest BCUT2D eigenvalue weighted by Gasteiger charge is 2.33. The number of amides is 1. The molecule has 0 saturated carbocycles. The van der Waals surface area contributed by atoms with Crippen molar-refractivity contribution in [3.8, 4) is 5.75 Å². The molecule has 0 spiro atoms. The van der Waals surface area contributed by atoms with Gasteiger partial charge in [-0.1, -0.05) is 35.9 Å². The summed E-state index contributed by atoms with van der Waals surface area (Å²) in [6, 6.07) is 7.57. The Morgan fingerprint density at radius 3 is 2.86 bits per heavy atom. The minimum Gasteiger partial charge on any atom is -0.493 e. The molecule has 29 heavy (non-hydrogen) atoms. The first-order chi connectivity index (χ1) is 13.7. The Hall–Kier alpha value is -1.12. The highest BCUT2D eigenvalue weighted by atomic mass is 127. The summed E-state index contributed by atoms with van der Waals surface area (Å²) in [6.07, 6.45) is 4.11. The SMILES string of the molecule is C/C(Cl)=C\CCc1sc(C(=O)N[C@H]2CCOc3ccccc32)c(C(C)(C)F)c1I. The molecule has 0 aliphatic carbocycles. The van der Waals surface area contributed by atoms with E-state index in [0.717, 1.165) is 37.6 Å². The third-order valence-corrected chi connectivity index (χ3v) is 7.74. The van der Waals surface area contributed by atoms with E-state index in [4.69, 9.17) is 16.3 Å². The van der Waals surface area contributed by atoms with Crippen LogP contribution in [0.5, 0.6) is 5.75 Å². The zero-order valence-corrected chi connectivity index (χ0v) is 20.4. The maximum absolute atomic E-state index is 15.1. The van der Waals surface area contributed by atoms with Gasteiger partial charge in [-0.15, -0.1) is 11.3 Å². The minimum atomic E-state index is -1.61. The van der Waals surface area contributed by atoms with Gasteiger partial charge >= 0.3 is 0 Å². The van der Waals surface area contributed by atoms with Gasteiger partial charge in [-0.2, -0.15) is 0 Å². The molecule has 2 aromatic rings. The van der Waals surface area contributed by atoms with Crippen LogP contribution in [0.2, 0.25) is 0 Å². The number of carbonyl (C=O) groups is 1. The van der Waals surface area contributed by atoms with Gasteiger partial charge in [0.2, 0.25) is 0 Å². The molecule has 0 radical (unpaired) electrons. The number of allylic oxidation sites excluding steroid dienone is 2. The van der Waals surface area contributed by atoms with Crippen molar-refractivity contribution in [1.82, 2.24) is 5.32 Å². The molecule has 3 nitrogen and oxygen atoms in total. The molecular formula is C22H24ClFINO2S. The van der Waals surface area contributed by atoms with Crippen LogP contribution in [0.1, 0.15) is 65.3 Å². The average molecular weight is 548 g/mol. The molecule has 1 aromatic carbocycles. The molecule has 1 aromatic heterocycles. The number of thiophene rings is 1. The van der Waals surface area contributed by atoms with Gasteiger partial charge in [-0.25, -0.2) is 4.39 Å². The summed E-state index contributed by atoms with van der Waals surface area (Å²) in [5, 5.41) is 3.84. The molecule has 0 bridgehead atoms. The van der Waals surface area contributed by atoms with E-state index in [1.807, 2.05) is 37.3 Å². The summed E-state index contributed by atoms with van der Waals surface area (Å²) in [5.41, 5.74) is -0.172. The number of hydrogen-bond donors (Lipinski definition) is 1. The monoisotopic (exact) mass is 547 g/mol. The van der Waals surface area contributed by atoms with Gasteiger partial charge in [0, 0.05) is 31.0 Å². The van der Waals surface area contributed by atoms with Gasteiger partial charge < -0.3 is 10.1 Å². The second-order valence-corrected chi connectivity index (χ2v) is 10.3. The van der Waals surface area contributed by atoms with E-state index in [2.05, 4.69) is 27.9 Å². The lowest BCUT2D eigenvalue weighted by molar-refractivity contribution is 0.0922. The Morgan fingerprint density at radius 1 is 1.45 bits per heavy atom. The lowest BCUT2D eigenvalue weighted by atomic mass is 9.98. The van der Waals surface area contributed by atoms with Gasteiger partial charge in [0.15, 0.2) is 0 Å². The largest absolute Gasteiger partial charge is 0.493 e. The van der Waals surface area contributed by atoms with Gasteiger partial charge in [0.1, 0.15) is 11.4 Å². The predicted molar refractivity (Wildman–Crippen MR) is 126 cm³/mol. The van der Waals surface area contributed by atoms with Crippen LogP contribution < -0.4 is 10.1 Å². The number of aryl methyl sites for hydroxylation is 1. The molecule has 0 unspecified atom stereocenters. The van der Waals surface area contributed by atoms with Crippen LogP contribution in [0.3, 0.4) is 0 Å². The lowest BCUT2D eigenvalue weighted by Crippen LogP contribution is -2.33. The molecule has 1 amide bonds. The van der Waals surface area contributed by atoms with Crippen LogP contribution in [0.15, 0.2) is 35.4 Å². The molecular weight excluding hydrogens is 524 g/mol. The van der Waals surface area contributed by atoms with E-state index < -0.39 is 5.67 Å². The van der Waals surface area contributed by atoms with E-state index >= 15 is 4.39 Å². The predicted octanol–water partition coefficient (Wildman–Crippen LogP) is 6.89. The molecule has 2 heterocycles. The number of alkyl halides is 1. The summed E-state index contributed by atoms with van der Waals surface area (Å²) in [5.74, 6) is 0.561. The Balaban J connectivity index is 1.89. The number of rotatable bonds is 6. The van der Waals surface area contributed by atoms with E-state index in [1.54, 1.807) is 0 Å². The van der Waals surface area contributed by atoms with Crippen molar-refractivity contribution in [2.45, 2.75) is 51.7 Å². The Labute approximate surface area is 193 Å². The third kappa shape index (κ3) is 5.33. The fraction of sp³-hybridized carbons (Fsp3) is 0.409. The summed E-state index contributed by atoms with van der Waals surface area (Å²) in [7, 11) is 0. The fourth-order valence-corrected chi connectivity index (χ4v) is 6.49. The van der Waals surface area contributed by atoms with E-state index in [0.29, 0.717) is 23.5 Å². The molecule has 1 aliphatic rings. The van der Waals surface area contributed by atoms with Crippen molar-refractivity contribution in [2.75, 3.05) is 6.61 Å². The second-order valence-electron chi connectivity index (χ2n) is 7.55. The molecule has 7 heteroatoms. The number of benzene rings is 1. The standard InChI is InChI=1S/C22H24ClFINO2S/c1-13(23)7-6-10-17-19(25)18(22(2,3)24)20(29-17)21(27)26-15-11-12-28-16-9-5-4-8-14(15)16/h4-5,7-9,15H,6,10-12H2,1-3H3,(H,26,27)/b13-7+/t15-/m0/s1. The molecule has 0 fully saturated rings. The van der Waals surface area contributed by atoms with Crippen molar-refractivity contribution < 1.29 is 13.9 Å². The number of ether oxygens (including phenoxy) is 1. The summed E-state index contributed by atoms with van der Waals surface area (Å²) >= 11 is 9.47. The Morgan fingerprint density at radius 2 is 2.17 bits per heavy atom. The number of hydrogen-bond acceptors (Lipinski definition) is 3. The molecule has 0 saturated heterocycles. The number of fused-ring (bicyclic) bond motifs is 1. The Bertz CT molecular complexity index is 931. The number of carbonyl (C=O) groups excluding carboxylic acids is 1.